The van der Waals surface area contributed by atoms with E-state index in [2.05, 4.69) is 5.32 Å². The van der Waals surface area contributed by atoms with Crippen LogP contribution in [-0.2, 0) is 22.4 Å². The predicted molar refractivity (Wildman–Crippen MR) is 96.6 cm³/mol. The Kier molecular flexibility index (Phi) is 5.48. The lowest BCUT2D eigenvalue weighted by Gasteiger charge is -2.19. The number of aliphatic carboxylic acids is 1. The summed E-state index contributed by atoms with van der Waals surface area (Å²) in [6, 6.07) is 3.64. The molecule has 0 fully saturated rings. The van der Waals surface area contributed by atoms with E-state index >= 15 is 0 Å². The molecule has 0 unspecified atom stereocenters. The molecule has 1 amide bonds. The molecule has 3 rings (SSSR count). The van der Waals surface area contributed by atoms with Gasteiger partial charge in [-0.15, -0.1) is 0 Å². The van der Waals surface area contributed by atoms with Crippen LogP contribution in [0.15, 0.2) is 21.3 Å². The highest BCUT2D eigenvalue weighted by molar-refractivity contribution is 5.86. The second-order valence-electron chi connectivity index (χ2n) is 6.79. The maximum absolute atomic E-state index is 12.3. The van der Waals surface area contributed by atoms with E-state index in [9.17, 15) is 19.5 Å². The zero-order chi connectivity index (χ0) is 19.6. The number of ether oxygens (including phenoxy) is 1. The number of carboxylic acid groups (broad SMARTS) is 1. The lowest BCUT2D eigenvalue weighted by Crippen LogP contribution is -2.38. The number of carboxylic acids is 1. The molecule has 27 heavy (non-hydrogen) atoms. The van der Waals surface area contributed by atoms with E-state index in [1.807, 2.05) is 6.07 Å². The average Bonchev–Trinajstić information content (AvgIpc) is 2.64. The Balaban J connectivity index is 1.84. The zero-order valence-electron chi connectivity index (χ0n) is 15.4. The summed E-state index contributed by atoms with van der Waals surface area (Å²) in [5, 5.41) is 13.8. The second-order valence-corrected chi connectivity index (χ2v) is 6.79. The maximum Gasteiger partial charge on any atom is 0.339 e. The molecule has 0 saturated carbocycles. The number of rotatable bonds is 6. The molecular formula is C20H22NO6-. The molecule has 144 valence electrons. The molecule has 1 N–H and O–H groups in total. The molecule has 7 nitrogen and oxygen atoms in total. The van der Waals surface area contributed by atoms with Gasteiger partial charge in [0, 0.05) is 35.4 Å². The van der Waals surface area contributed by atoms with E-state index in [0.29, 0.717) is 16.9 Å². The molecule has 1 aromatic heterocycles. The number of carbonyl (C=O) groups is 2. The number of hydrogen-bond donors (Lipinski definition) is 1. The fourth-order valence-electron chi connectivity index (χ4n) is 3.43. The lowest BCUT2D eigenvalue weighted by molar-refractivity contribution is -0.305. The molecule has 1 atom stereocenters. The largest absolute Gasteiger partial charge is 0.550 e. The van der Waals surface area contributed by atoms with Crippen molar-refractivity contribution in [2.24, 2.45) is 0 Å². The van der Waals surface area contributed by atoms with E-state index in [1.165, 1.54) is 0 Å². The molecule has 0 saturated heterocycles. The van der Waals surface area contributed by atoms with E-state index in [-0.39, 0.29) is 18.6 Å². The van der Waals surface area contributed by atoms with Gasteiger partial charge in [0.05, 0.1) is 0 Å². The van der Waals surface area contributed by atoms with Crippen molar-refractivity contribution in [3.8, 4) is 5.75 Å². The van der Waals surface area contributed by atoms with E-state index < -0.39 is 18.0 Å². The maximum atomic E-state index is 12.3. The van der Waals surface area contributed by atoms with Crippen LogP contribution in [0.2, 0.25) is 0 Å². The number of benzene rings is 1. The van der Waals surface area contributed by atoms with Crippen LogP contribution in [-0.4, -0.2) is 24.5 Å². The van der Waals surface area contributed by atoms with Gasteiger partial charge in [0.15, 0.2) is 6.10 Å². The van der Waals surface area contributed by atoms with Crippen LogP contribution in [0.3, 0.4) is 0 Å². The van der Waals surface area contributed by atoms with Crippen molar-refractivity contribution < 1.29 is 23.8 Å². The molecule has 0 spiro atoms. The number of amides is 1. The van der Waals surface area contributed by atoms with Crippen LogP contribution in [0.4, 0.5) is 0 Å². The standard InChI is InChI=1S/C20H23NO6/c1-11-16(26-12(2)19(24)21-10-9-17(22)23)8-7-14-13-5-3-4-6-15(13)20(25)27-18(11)14/h7-8,12H,3-6,9-10H2,1-2H3,(H,21,24)(H,22,23)/p-1/t12-/m1/s1. The van der Waals surface area contributed by atoms with Crippen LogP contribution in [0, 0.1) is 6.92 Å². The molecule has 2 aromatic rings. The first-order valence-electron chi connectivity index (χ1n) is 9.11. The predicted octanol–water partition coefficient (Wildman–Crippen LogP) is 1.00. The molecule has 0 radical (unpaired) electrons. The van der Waals surface area contributed by atoms with Gasteiger partial charge in [0.2, 0.25) is 0 Å². The summed E-state index contributed by atoms with van der Waals surface area (Å²) in [7, 11) is 0. The Morgan fingerprint density at radius 2 is 1.96 bits per heavy atom. The molecule has 0 aliphatic heterocycles. The van der Waals surface area contributed by atoms with Crippen LogP contribution in [0.5, 0.6) is 5.75 Å². The Hall–Kier alpha value is -2.83. The van der Waals surface area contributed by atoms with Crippen molar-refractivity contribution in [3.63, 3.8) is 0 Å². The van der Waals surface area contributed by atoms with Crippen molar-refractivity contribution in [1.82, 2.24) is 5.32 Å². The smallest absolute Gasteiger partial charge is 0.339 e. The van der Waals surface area contributed by atoms with Crippen LogP contribution < -0.4 is 20.8 Å². The summed E-state index contributed by atoms with van der Waals surface area (Å²) in [5.41, 5.74) is 2.67. The van der Waals surface area contributed by atoms with Crippen LogP contribution >= 0.6 is 0 Å². The topological polar surface area (TPSA) is 109 Å². The van der Waals surface area contributed by atoms with E-state index in [4.69, 9.17) is 9.15 Å². The third kappa shape index (κ3) is 3.97. The summed E-state index contributed by atoms with van der Waals surface area (Å²) in [6.07, 6.45) is 2.55. The number of fused-ring (bicyclic) bond motifs is 3. The minimum Gasteiger partial charge on any atom is -0.550 e. The summed E-state index contributed by atoms with van der Waals surface area (Å²) in [4.78, 5) is 34.8. The number of nitrogens with one attached hydrogen (secondary N) is 1. The molecule has 7 heteroatoms. The van der Waals surface area contributed by atoms with E-state index in [0.717, 1.165) is 42.2 Å². The van der Waals surface area contributed by atoms with Crippen molar-refractivity contribution in [3.05, 3.63) is 39.2 Å². The average molecular weight is 372 g/mol. The Labute approximate surface area is 156 Å². The highest BCUT2D eigenvalue weighted by atomic mass is 16.5. The van der Waals surface area contributed by atoms with Crippen molar-refractivity contribution in [1.29, 1.82) is 0 Å². The first kappa shape index (κ1) is 18.9. The van der Waals surface area contributed by atoms with Gasteiger partial charge in [-0.25, -0.2) is 4.79 Å². The Morgan fingerprint density at radius 3 is 2.67 bits per heavy atom. The van der Waals surface area contributed by atoms with Gasteiger partial charge < -0.3 is 24.4 Å². The Bertz CT molecular complexity index is 946. The quantitative estimate of drug-likeness (QED) is 0.758. The summed E-state index contributed by atoms with van der Waals surface area (Å²) in [6.45, 7) is 3.34. The summed E-state index contributed by atoms with van der Waals surface area (Å²) in [5.74, 6) is -1.21. The van der Waals surface area contributed by atoms with Gasteiger partial charge in [-0.05, 0) is 57.2 Å². The molecule has 0 bridgehead atoms. The van der Waals surface area contributed by atoms with Gasteiger partial charge in [-0.3, -0.25) is 4.79 Å². The van der Waals surface area contributed by atoms with Gasteiger partial charge in [-0.2, -0.15) is 0 Å². The van der Waals surface area contributed by atoms with E-state index in [1.54, 1.807) is 19.9 Å². The summed E-state index contributed by atoms with van der Waals surface area (Å²) >= 11 is 0. The zero-order valence-corrected chi connectivity index (χ0v) is 15.4. The number of aryl methyl sites for hydroxylation is 2. The van der Waals surface area contributed by atoms with Crippen LogP contribution in [0.25, 0.3) is 11.0 Å². The number of hydrogen-bond acceptors (Lipinski definition) is 6. The molecule has 1 aliphatic carbocycles. The van der Waals surface area contributed by atoms with Gasteiger partial charge >= 0.3 is 5.63 Å². The second kappa shape index (κ2) is 7.82. The first-order valence-corrected chi connectivity index (χ1v) is 9.11. The fourth-order valence-corrected chi connectivity index (χ4v) is 3.43. The SMILES string of the molecule is Cc1c(O[C@H](C)C(=O)NCCC(=O)[O-])ccc2c3c(c(=O)oc12)CCCC3. The first-order chi connectivity index (χ1) is 12.9. The molecular weight excluding hydrogens is 350 g/mol. The minimum absolute atomic E-state index is 0.0212. The van der Waals surface area contributed by atoms with Gasteiger partial charge in [0.25, 0.3) is 5.91 Å². The number of carbonyl (C=O) groups excluding carboxylic acids is 2. The van der Waals surface area contributed by atoms with Gasteiger partial charge in [-0.1, -0.05) is 0 Å². The third-order valence-electron chi connectivity index (χ3n) is 4.89. The fraction of sp³-hybridized carbons (Fsp3) is 0.450. The van der Waals surface area contributed by atoms with Crippen LogP contribution in [0.1, 0.15) is 42.9 Å². The van der Waals surface area contributed by atoms with Crippen molar-refractivity contribution in [2.75, 3.05) is 6.54 Å². The van der Waals surface area contributed by atoms with Gasteiger partial charge in [0.1, 0.15) is 11.3 Å². The lowest BCUT2D eigenvalue weighted by atomic mass is 9.90. The summed E-state index contributed by atoms with van der Waals surface area (Å²) < 4.78 is 11.3. The highest BCUT2D eigenvalue weighted by Gasteiger charge is 2.21. The normalized spacial score (nSPS) is 14.4. The van der Waals surface area contributed by atoms with Crippen molar-refractivity contribution >= 4 is 22.8 Å². The van der Waals surface area contributed by atoms with Crippen molar-refractivity contribution in [2.45, 2.75) is 52.1 Å². The third-order valence-corrected chi connectivity index (χ3v) is 4.89. The molecule has 1 aliphatic rings. The monoisotopic (exact) mass is 372 g/mol. The molecule has 1 aromatic carbocycles. The Morgan fingerprint density at radius 1 is 1.26 bits per heavy atom. The molecule has 1 heterocycles. The highest BCUT2D eigenvalue weighted by Crippen LogP contribution is 2.32. The minimum atomic E-state index is -1.23.